The van der Waals surface area contributed by atoms with Gasteiger partial charge in [0.2, 0.25) is 0 Å². The van der Waals surface area contributed by atoms with Crippen LogP contribution in [-0.2, 0) is 0 Å². The van der Waals surface area contributed by atoms with E-state index in [1.54, 1.807) is 0 Å². The molecule has 2 aromatic carbocycles. The molecule has 0 bridgehead atoms. The van der Waals surface area contributed by atoms with Crippen LogP contribution in [0.25, 0.3) is 11.1 Å². The van der Waals surface area contributed by atoms with Crippen LogP contribution < -0.4 is 5.32 Å². The Morgan fingerprint density at radius 2 is 1.52 bits per heavy atom. The highest BCUT2D eigenvalue weighted by Crippen LogP contribution is 2.21. The van der Waals surface area contributed by atoms with Gasteiger partial charge in [0.25, 0.3) is 0 Å². The second-order valence-electron chi connectivity index (χ2n) is 5.66. The maximum absolute atomic E-state index is 9.25. The van der Waals surface area contributed by atoms with Gasteiger partial charge in [-0.1, -0.05) is 54.6 Å². The van der Waals surface area contributed by atoms with Crippen LogP contribution in [0.4, 0.5) is 0 Å². The maximum Gasteiger partial charge on any atom is 0.0512 e. The smallest absolute Gasteiger partial charge is 0.0512 e. The van der Waals surface area contributed by atoms with E-state index in [2.05, 4.69) is 60.8 Å². The van der Waals surface area contributed by atoms with E-state index in [0.717, 1.165) is 19.4 Å². The van der Waals surface area contributed by atoms with Crippen molar-refractivity contribution >= 4 is 0 Å². The minimum atomic E-state index is -0.202. The molecule has 0 fully saturated rings. The van der Waals surface area contributed by atoms with Crippen LogP contribution in [0.2, 0.25) is 0 Å². The first kappa shape index (κ1) is 15.7. The Kier molecular flexibility index (Phi) is 5.97. The van der Waals surface area contributed by atoms with Gasteiger partial charge in [-0.15, -0.1) is 0 Å². The highest BCUT2D eigenvalue weighted by atomic mass is 16.3. The minimum Gasteiger partial charge on any atom is -0.393 e. The first-order valence-corrected chi connectivity index (χ1v) is 7.73. The average molecular weight is 283 g/mol. The molecule has 2 nitrogen and oxygen atoms in total. The van der Waals surface area contributed by atoms with E-state index in [4.69, 9.17) is 0 Å². The fourth-order valence-electron chi connectivity index (χ4n) is 2.43. The summed E-state index contributed by atoms with van der Waals surface area (Å²) in [5.41, 5.74) is 3.80. The summed E-state index contributed by atoms with van der Waals surface area (Å²) in [5, 5.41) is 12.7. The lowest BCUT2D eigenvalue weighted by Gasteiger charge is -2.15. The van der Waals surface area contributed by atoms with Gasteiger partial charge < -0.3 is 10.4 Å². The first-order chi connectivity index (χ1) is 10.2. The van der Waals surface area contributed by atoms with Crippen LogP contribution in [-0.4, -0.2) is 17.8 Å². The number of hydrogen-bond acceptors (Lipinski definition) is 2. The van der Waals surface area contributed by atoms with Gasteiger partial charge in [0.15, 0.2) is 0 Å². The van der Waals surface area contributed by atoms with Gasteiger partial charge >= 0.3 is 0 Å². The lowest BCUT2D eigenvalue weighted by molar-refractivity contribution is 0.181. The molecule has 2 unspecified atom stereocenters. The van der Waals surface area contributed by atoms with Gasteiger partial charge in [0, 0.05) is 6.04 Å². The first-order valence-electron chi connectivity index (χ1n) is 7.73. The number of aliphatic hydroxyl groups excluding tert-OH is 1. The van der Waals surface area contributed by atoms with Crippen molar-refractivity contribution in [1.82, 2.24) is 5.32 Å². The molecule has 2 N–H and O–H groups in total. The summed E-state index contributed by atoms with van der Waals surface area (Å²) in [4.78, 5) is 0. The summed E-state index contributed by atoms with van der Waals surface area (Å²) in [6.07, 6.45) is 1.66. The molecule has 0 amide bonds. The standard InChI is InChI=1S/C19H25NO/c1-15(21)7-6-14-20-16(2)17-10-12-19(13-11-17)18-8-4-3-5-9-18/h3-5,8-13,15-16,20-21H,6-7,14H2,1-2H3. The molecule has 2 rings (SSSR count). The van der Waals surface area contributed by atoms with Crippen molar-refractivity contribution in [3.8, 4) is 11.1 Å². The Balaban J connectivity index is 1.89. The summed E-state index contributed by atoms with van der Waals surface area (Å²) in [6.45, 7) is 4.96. The van der Waals surface area contributed by atoms with Crippen molar-refractivity contribution in [2.45, 2.75) is 38.8 Å². The minimum absolute atomic E-state index is 0.202. The normalized spacial score (nSPS) is 13.9. The van der Waals surface area contributed by atoms with Crippen LogP contribution in [0, 0.1) is 0 Å². The number of hydrogen-bond donors (Lipinski definition) is 2. The molecule has 2 aromatic rings. The molecule has 21 heavy (non-hydrogen) atoms. The largest absolute Gasteiger partial charge is 0.393 e. The molecule has 0 aliphatic carbocycles. The van der Waals surface area contributed by atoms with Crippen molar-refractivity contribution in [3.63, 3.8) is 0 Å². The molecule has 0 heterocycles. The Hall–Kier alpha value is -1.64. The predicted molar refractivity (Wildman–Crippen MR) is 89.2 cm³/mol. The molecule has 112 valence electrons. The Morgan fingerprint density at radius 3 is 2.14 bits per heavy atom. The molecular weight excluding hydrogens is 258 g/mol. The molecular formula is C19H25NO. The number of nitrogens with one attached hydrogen (secondary N) is 1. The molecule has 2 heteroatoms. The monoisotopic (exact) mass is 283 g/mol. The van der Waals surface area contributed by atoms with E-state index < -0.39 is 0 Å². The molecule has 2 atom stereocenters. The van der Waals surface area contributed by atoms with Crippen LogP contribution in [0.1, 0.15) is 38.3 Å². The van der Waals surface area contributed by atoms with E-state index in [0.29, 0.717) is 6.04 Å². The summed E-state index contributed by atoms with van der Waals surface area (Å²) < 4.78 is 0. The summed E-state index contributed by atoms with van der Waals surface area (Å²) in [7, 11) is 0. The predicted octanol–water partition coefficient (Wildman–Crippen LogP) is 4.17. The number of rotatable bonds is 7. The van der Waals surface area contributed by atoms with Gasteiger partial charge in [0.05, 0.1) is 6.10 Å². The third kappa shape index (κ3) is 5.00. The molecule has 0 aromatic heterocycles. The average Bonchev–Trinajstić information content (AvgIpc) is 2.52. The third-order valence-corrected chi connectivity index (χ3v) is 3.77. The van der Waals surface area contributed by atoms with Crippen molar-refractivity contribution in [2.24, 2.45) is 0 Å². The van der Waals surface area contributed by atoms with Crippen molar-refractivity contribution in [1.29, 1.82) is 0 Å². The van der Waals surface area contributed by atoms with E-state index in [9.17, 15) is 5.11 Å². The zero-order valence-electron chi connectivity index (χ0n) is 12.9. The highest BCUT2D eigenvalue weighted by Gasteiger charge is 2.05. The van der Waals surface area contributed by atoms with Crippen molar-refractivity contribution < 1.29 is 5.11 Å². The Labute approximate surface area is 127 Å². The number of benzene rings is 2. The zero-order valence-corrected chi connectivity index (χ0v) is 12.9. The van der Waals surface area contributed by atoms with Crippen LogP contribution in [0.3, 0.4) is 0 Å². The molecule has 0 saturated carbocycles. The Bertz CT molecular complexity index is 519. The zero-order chi connectivity index (χ0) is 15.1. The summed E-state index contributed by atoms with van der Waals surface area (Å²) in [5.74, 6) is 0. The van der Waals surface area contributed by atoms with Crippen LogP contribution in [0.5, 0.6) is 0 Å². The van der Waals surface area contributed by atoms with Crippen molar-refractivity contribution in [3.05, 3.63) is 60.2 Å². The van der Waals surface area contributed by atoms with Gasteiger partial charge in [0.1, 0.15) is 0 Å². The molecule has 0 aliphatic rings. The lowest BCUT2D eigenvalue weighted by Crippen LogP contribution is -2.20. The van der Waals surface area contributed by atoms with Gasteiger partial charge in [-0.25, -0.2) is 0 Å². The molecule has 0 radical (unpaired) electrons. The van der Waals surface area contributed by atoms with E-state index in [1.165, 1.54) is 16.7 Å². The molecule has 0 aliphatic heterocycles. The highest BCUT2D eigenvalue weighted by molar-refractivity contribution is 5.63. The summed E-state index contributed by atoms with van der Waals surface area (Å²) >= 11 is 0. The van der Waals surface area contributed by atoms with E-state index in [-0.39, 0.29) is 6.10 Å². The fourth-order valence-corrected chi connectivity index (χ4v) is 2.43. The fraction of sp³-hybridized carbons (Fsp3) is 0.368. The van der Waals surface area contributed by atoms with Gasteiger partial charge in [-0.3, -0.25) is 0 Å². The maximum atomic E-state index is 9.25. The number of aliphatic hydroxyl groups is 1. The topological polar surface area (TPSA) is 32.3 Å². The summed E-state index contributed by atoms with van der Waals surface area (Å²) in [6, 6.07) is 19.5. The molecule has 0 spiro atoms. The van der Waals surface area contributed by atoms with E-state index >= 15 is 0 Å². The second kappa shape index (κ2) is 7.96. The van der Waals surface area contributed by atoms with Gasteiger partial charge in [-0.2, -0.15) is 0 Å². The van der Waals surface area contributed by atoms with Crippen LogP contribution in [0.15, 0.2) is 54.6 Å². The quantitative estimate of drug-likeness (QED) is 0.748. The van der Waals surface area contributed by atoms with Gasteiger partial charge in [-0.05, 0) is 49.9 Å². The molecule has 0 saturated heterocycles. The SMILES string of the molecule is CC(O)CCCNC(C)c1ccc(-c2ccccc2)cc1. The second-order valence-corrected chi connectivity index (χ2v) is 5.66. The Morgan fingerprint density at radius 1 is 0.905 bits per heavy atom. The van der Waals surface area contributed by atoms with E-state index in [1.807, 2.05) is 13.0 Å². The third-order valence-electron chi connectivity index (χ3n) is 3.77. The lowest BCUT2D eigenvalue weighted by atomic mass is 10.0. The van der Waals surface area contributed by atoms with Crippen molar-refractivity contribution in [2.75, 3.05) is 6.54 Å². The van der Waals surface area contributed by atoms with Crippen LogP contribution >= 0.6 is 0 Å².